The van der Waals surface area contributed by atoms with Gasteiger partial charge in [0.1, 0.15) is 0 Å². The summed E-state index contributed by atoms with van der Waals surface area (Å²) in [6.45, 7) is 10.3. The van der Waals surface area contributed by atoms with Crippen molar-refractivity contribution in [2.45, 2.75) is 32.6 Å². The normalized spacial score (nSPS) is 31.6. The van der Waals surface area contributed by atoms with Gasteiger partial charge in [-0.25, -0.2) is 0 Å². The number of hydrogen-bond acceptors (Lipinski definition) is 4. The summed E-state index contributed by atoms with van der Waals surface area (Å²) in [7, 11) is 2.26. The maximum absolute atomic E-state index is 5.78. The molecule has 1 N–H and O–H groups in total. The van der Waals surface area contributed by atoms with Crippen LogP contribution < -0.4 is 5.32 Å². The third kappa shape index (κ3) is 4.99. The zero-order valence-electron chi connectivity index (χ0n) is 13.3. The van der Waals surface area contributed by atoms with E-state index in [2.05, 4.69) is 24.2 Å². The summed E-state index contributed by atoms with van der Waals surface area (Å²) in [6.07, 6.45) is 5.03. The van der Waals surface area contributed by atoms with Crippen LogP contribution in [0.4, 0.5) is 0 Å². The Morgan fingerprint density at radius 3 is 2.75 bits per heavy atom. The van der Waals surface area contributed by atoms with Crippen LogP contribution in [0, 0.1) is 11.3 Å². The van der Waals surface area contributed by atoms with E-state index in [0.29, 0.717) is 5.41 Å². The van der Waals surface area contributed by atoms with Gasteiger partial charge in [0.25, 0.3) is 0 Å². The summed E-state index contributed by atoms with van der Waals surface area (Å²) in [5, 5.41) is 3.54. The largest absolute Gasteiger partial charge is 0.381 e. The molecular formula is C16H32N2O2. The molecule has 2 saturated heterocycles. The first kappa shape index (κ1) is 16.2. The minimum atomic E-state index is 0.304. The summed E-state index contributed by atoms with van der Waals surface area (Å²) in [5.74, 6) is 0.717. The number of hydrogen-bond donors (Lipinski definition) is 1. The van der Waals surface area contributed by atoms with Crippen LogP contribution in [0.1, 0.15) is 32.6 Å². The predicted molar refractivity (Wildman–Crippen MR) is 82.1 cm³/mol. The Labute approximate surface area is 124 Å². The fourth-order valence-corrected chi connectivity index (χ4v) is 3.65. The number of ether oxygens (including phenoxy) is 2. The van der Waals surface area contributed by atoms with E-state index < -0.39 is 0 Å². The van der Waals surface area contributed by atoms with Crippen molar-refractivity contribution in [1.29, 1.82) is 0 Å². The molecule has 2 aliphatic rings. The number of rotatable bonds is 7. The summed E-state index contributed by atoms with van der Waals surface area (Å²) < 4.78 is 11.4. The van der Waals surface area contributed by atoms with Crippen molar-refractivity contribution in [3.05, 3.63) is 0 Å². The van der Waals surface area contributed by atoms with Gasteiger partial charge in [-0.15, -0.1) is 0 Å². The number of nitrogens with one attached hydrogen (secondary N) is 1. The zero-order chi connectivity index (χ0) is 14.3. The first-order valence-corrected chi connectivity index (χ1v) is 8.29. The lowest BCUT2D eigenvalue weighted by atomic mass is 9.81. The van der Waals surface area contributed by atoms with E-state index in [1.807, 2.05) is 0 Å². The molecule has 2 rings (SSSR count). The third-order valence-electron chi connectivity index (χ3n) is 4.58. The molecule has 0 bridgehead atoms. The van der Waals surface area contributed by atoms with Crippen LogP contribution in [0.3, 0.4) is 0 Å². The Hall–Kier alpha value is -0.160. The lowest BCUT2D eigenvalue weighted by molar-refractivity contribution is -0.0288. The van der Waals surface area contributed by atoms with Crippen molar-refractivity contribution >= 4 is 0 Å². The minimum absolute atomic E-state index is 0.304. The van der Waals surface area contributed by atoms with Gasteiger partial charge in [-0.1, -0.05) is 6.92 Å². The van der Waals surface area contributed by atoms with Gasteiger partial charge in [-0.2, -0.15) is 0 Å². The van der Waals surface area contributed by atoms with Crippen LogP contribution in [-0.4, -0.2) is 64.6 Å². The lowest BCUT2D eigenvalue weighted by Crippen LogP contribution is -2.49. The van der Waals surface area contributed by atoms with Crippen LogP contribution in [0.15, 0.2) is 0 Å². The van der Waals surface area contributed by atoms with E-state index in [1.165, 1.54) is 25.7 Å². The predicted octanol–water partition coefficient (Wildman–Crippen LogP) is 1.75. The Morgan fingerprint density at radius 2 is 2.10 bits per heavy atom. The molecule has 0 radical (unpaired) electrons. The molecule has 2 aliphatic heterocycles. The van der Waals surface area contributed by atoms with E-state index in [1.54, 1.807) is 0 Å². The highest BCUT2D eigenvalue weighted by molar-refractivity contribution is 4.87. The van der Waals surface area contributed by atoms with Crippen molar-refractivity contribution < 1.29 is 9.47 Å². The Kier molecular flexibility index (Phi) is 6.75. The second kappa shape index (κ2) is 8.32. The molecule has 0 aromatic rings. The molecule has 0 aromatic carbocycles. The molecule has 4 nitrogen and oxygen atoms in total. The fourth-order valence-electron chi connectivity index (χ4n) is 3.65. The summed E-state index contributed by atoms with van der Waals surface area (Å²) >= 11 is 0. The van der Waals surface area contributed by atoms with E-state index in [-0.39, 0.29) is 0 Å². The molecule has 0 saturated carbocycles. The zero-order valence-corrected chi connectivity index (χ0v) is 13.3. The van der Waals surface area contributed by atoms with Gasteiger partial charge >= 0.3 is 0 Å². The molecule has 118 valence electrons. The van der Waals surface area contributed by atoms with Crippen molar-refractivity contribution in [2.75, 3.05) is 59.7 Å². The van der Waals surface area contributed by atoms with E-state index >= 15 is 0 Å². The molecule has 0 aliphatic carbocycles. The molecule has 0 aromatic heterocycles. The Morgan fingerprint density at radius 1 is 1.25 bits per heavy atom. The molecule has 2 heterocycles. The highest BCUT2D eigenvalue weighted by atomic mass is 16.5. The average Bonchev–Trinajstić information content (AvgIpc) is 2.47. The van der Waals surface area contributed by atoms with Gasteiger partial charge in [0, 0.05) is 38.3 Å². The maximum Gasteiger partial charge on any atom is 0.0546 e. The molecule has 2 atom stereocenters. The average molecular weight is 284 g/mol. The molecular weight excluding hydrogens is 252 g/mol. The van der Waals surface area contributed by atoms with Gasteiger partial charge in [0.05, 0.1) is 13.2 Å². The fraction of sp³-hybridized carbons (Fsp3) is 1.00. The van der Waals surface area contributed by atoms with E-state index in [0.717, 1.165) is 58.5 Å². The summed E-state index contributed by atoms with van der Waals surface area (Å²) in [4.78, 5) is 2.51. The van der Waals surface area contributed by atoms with Gasteiger partial charge in [0.15, 0.2) is 0 Å². The van der Waals surface area contributed by atoms with E-state index in [9.17, 15) is 0 Å². The second-order valence-electron chi connectivity index (χ2n) is 6.72. The van der Waals surface area contributed by atoms with Crippen molar-refractivity contribution in [2.24, 2.45) is 11.3 Å². The summed E-state index contributed by atoms with van der Waals surface area (Å²) in [6, 6.07) is 0. The molecule has 20 heavy (non-hydrogen) atoms. The maximum atomic E-state index is 5.78. The van der Waals surface area contributed by atoms with Crippen LogP contribution in [-0.2, 0) is 9.47 Å². The molecule has 4 heteroatoms. The standard InChI is InChI=1S/C16H32N2O2/c1-3-17-12-16(7-5-9-20-14-16)13-18(2)10-15-6-4-8-19-11-15/h15,17H,3-14H2,1-2H3. The smallest absolute Gasteiger partial charge is 0.0546 e. The minimum Gasteiger partial charge on any atom is -0.381 e. The van der Waals surface area contributed by atoms with Crippen LogP contribution >= 0.6 is 0 Å². The highest BCUT2D eigenvalue weighted by Crippen LogP contribution is 2.29. The SMILES string of the molecule is CCNCC1(CN(C)CC2CCCOC2)CCCOC1. The highest BCUT2D eigenvalue weighted by Gasteiger charge is 2.34. The van der Waals surface area contributed by atoms with Gasteiger partial charge in [-0.3, -0.25) is 0 Å². The van der Waals surface area contributed by atoms with Gasteiger partial charge in [-0.05, 0) is 45.2 Å². The Balaban J connectivity index is 1.82. The van der Waals surface area contributed by atoms with Crippen molar-refractivity contribution in [3.8, 4) is 0 Å². The quantitative estimate of drug-likeness (QED) is 0.772. The molecule has 0 spiro atoms. The molecule has 0 amide bonds. The second-order valence-corrected chi connectivity index (χ2v) is 6.72. The van der Waals surface area contributed by atoms with Crippen LogP contribution in [0.5, 0.6) is 0 Å². The number of nitrogens with zero attached hydrogens (tertiary/aromatic N) is 1. The van der Waals surface area contributed by atoms with Gasteiger partial charge < -0.3 is 19.7 Å². The Bertz CT molecular complexity index is 261. The first-order chi connectivity index (χ1) is 9.74. The topological polar surface area (TPSA) is 33.7 Å². The van der Waals surface area contributed by atoms with Crippen molar-refractivity contribution in [1.82, 2.24) is 10.2 Å². The first-order valence-electron chi connectivity index (χ1n) is 8.29. The summed E-state index contributed by atoms with van der Waals surface area (Å²) in [5.41, 5.74) is 0.304. The van der Waals surface area contributed by atoms with Gasteiger partial charge in [0.2, 0.25) is 0 Å². The monoisotopic (exact) mass is 284 g/mol. The van der Waals surface area contributed by atoms with Crippen LogP contribution in [0.25, 0.3) is 0 Å². The lowest BCUT2D eigenvalue weighted by Gasteiger charge is -2.41. The molecule has 2 fully saturated rings. The van der Waals surface area contributed by atoms with E-state index in [4.69, 9.17) is 9.47 Å². The molecule has 2 unspecified atom stereocenters. The third-order valence-corrected chi connectivity index (χ3v) is 4.58. The van der Waals surface area contributed by atoms with Crippen LogP contribution in [0.2, 0.25) is 0 Å². The van der Waals surface area contributed by atoms with Crippen molar-refractivity contribution in [3.63, 3.8) is 0 Å².